The number of aryl methyl sites for hydroxylation is 1. The molecule has 0 bridgehead atoms. The van der Waals surface area contributed by atoms with Gasteiger partial charge in [-0.3, -0.25) is 4.79 Å². The third-order valence-corrected chi connectivity index (χ3v) is 4.41. The van der Waals surface area contributed by atoms with Crippen molar-refractivity contribution in [2.24, 2.45) is 5.73 Å². The zero-order valence-electron chi connectivity index (χ0n) is 10.8. The number of fused-ring (bicyclic) bond motifs is 1. The zero-order chi connectivity index (χ0) is 13.0. The van der Waals surface area contributed by atoms with Crippen molar-refractivity contribution in [1.82, 2.24) is 0 Å². The van der Waals surface area contributed by atoms with Gasteiger partial charge >= 0.3 is 0 Å². The van der Waals surface area contributed by atoms with E-state index in [1.165, 1.54) is 5.56 Å². The Morgan fingerprint density at radius 1 is 1.50 bits per heavy atom. The zero-order valence-corrected chi connectivity index (χ0v) is 11.6. The number of carbonyl (C=O) groups excluding carboxylic acids is 1. The molecule has 1 unspecified atom stereocenters. The normalized spacial score (nSPS) is 16.2. The Bertz CT molecular complexity index is 422. The van der Waals surface area contributed by atoms with E-state index in [0.717, 1.165) is 25.1 Å². The third-order valence-electron chi connectivity index (χ3n) is 3.23. The Balaban J connectivity index is 2.04. The highest BCUT2D eigenvalue weighted by Gasteiger charge is 2.22. The fourth-order valence-electron chi connectivity index (χ4n) is 2.15. The second-order valence-electron chi connectivity index (χ2n) is 4.63. The lowest BCUT2D eigenvalue weighted by molar-refractivity contribution is -0.116. The molecule has 1 aliphatic rings. The van der Waals surface area contributed by atoms with Crippen LogP contribution < -0.4 is 10.6 Å². The number of hydrogen-bond acceptors (Lipinski definition) is 3. The van der Waals surface area contributed by atoms with Crippen LogP contribution in [0.4, 0.5) is 5.69 Å². The summed E-state index contributed by atoms with van der Waals surface area (Å²) < 4.78 is 0. The second kappa shape index (κ2) is 6.25. The molecule has 0 aliphatic carbocycles. The van der Waals surface area contributed by atoms with E-state index in [-0.39, 0.29) is 5.91 Å². The molecule has 1 aliphatic heterocycles. The molecular formula is C14H20N2OS. The minimum Gasteiger partial charge on any atom is -0.329 e. The van der Waals surface area contributed by atoms with Gasteiger partial charge in [-0.15, -0.1) is 11.8 Å². The van der Waals surface area contributed by atoms with Gasteiger partial charge in [-0.05, 0) is 24.5 Å². The first-order valence-corrected chi connectivity index (χ1v) is 7.47. The topological polar surface area (TPSA) is 46.3 Å². The van der Waals surface area contributed by atoms with Crippen LogP contribution >= 0.6 is 11.8 Å². The van der Waals surface area contributed by atoms with Crippen molar-refractivity contribution in [1.29, 1.82) is 0 Å². The van der Waals surface area contributed by atoms with Gasteiger partial charge < -0.3 is 10.6 Å². The van der Waals surface area contributed by atoms with E-state index in [1.807, 2.05) is 23.1 Å². The summed E-state index contributed by atoms with van der Waals surface area (Å²) in [5.74, 6) is 0.722. The molecule has 0 spiro atoms. The van der Waals surface area contributed by atoms with Crippen molar-refractivity contribution in [3.8, 4) is 0 Å². The van der Waals surface area contributed by atoms with E-state index < -0.39 is 0 Å². The molecule has 1 aromatic carbocycles. The number of amides is 1. The minimum atomic E-state index is 0.201. The fraction of sp³-hybridized carbons (Fsp3) is 0.500. The third kappa shape index (κ3) is 3.06. The largest absolute Gasteiger partial charge is 0.329 e. The maximum absolute atomic E-state index is 12.2. The Hall–Kier alpha value is -1.00. The van der Waals surface area contributed by atoms with Gasteiger partial charge in [-0.25, -0.2) is 0 Å². The number of nitrogens with two attached hydrogens (primary N) is 1. The number of benzene rings is 1. The predicted octanol–water partition coefficient (Wildman–Crippen LogP) is 2.05. The molecule has 1 aromatic rings. The van der Waals surface area contributed by atoms with E-state index in [4.69, 9.17) is 5.73 Å². The highest BCUT2D eigenvalue weighted by molar-refractivity contribution is 8.00. The van der Waals surface area contributed by atoms with Gasteiger partial charge in [0.25, 0.3) is 0 Å². The average Bonchev–Trinajstić information content (AvgIpc) is 2.43. The highest BCUT2D eigenvalue weighted by Crippen LogP contribution is 2.27. The van der Waals surface area contributed by atoms with Gasteiger partial charge in [0.1, 0.15) is 0 Å². The highest BCUT2D eigenvalue weighted by atomic mass is 32.2. The van der Waals surface area contributed by atoms with Crippen LogP contribution in [0.1, 0.15) is 18.9 Å². The van der Waals surface area contributed by atoms with Crippen LogP contribution in [-0.2, 0) is 11.2 Å². The number of rotatable bonds is 4. The number of para-hydroxylation sites is 1. The number of hydrogen-bond donors (Lipinski definition) is 1. The standard InChI is InChI=1S/C14H20N2OS/c1-11(9-15)18-10-14(17)16-8-4-6-12-5-2-3-7-13(12)16/h2-3,5,7,11H,4,6,8-10,15H2,1H3. The molecule has 0 saturated heterocycles. The summed E-state index contributed by atoms with van der Waals surface area (Å²) in [4.78, 5) is 14.2. The van der Waals surface area contributed by atoms with Crippen molar-refractivity contribution >= 4 is 23.4 Å². The maximum atomic E-state index is 12.2. The first kappa shape index (κ1) is 13.4. The fourth-order valence-corrected chi connectivity index (χ4v) is 2.87. The van der Waals surface area contributed by atoms with Gasteiger partial charge in [0.15, 0.2) is 0 Å². The van der Waals surface area contributed by atoms with E-state index >= 15 is 0 Å². The van der Waals surface area contributed by atoms with Crippen molar-refractivity contribution in [3.05, 3.63) is 29.8 Å². The van der Waals surface area contributed by atoms with Gasteiger partial charge in [-0.1, -0.05) is 25.1 Å². The molecule has 98 valence electrons. The summed E-state index contributed by atoms with van der Waals surface area (Å²) in [5, 5.41) is 0.342. The lowest BCUT2D eigenvalue weighted by Gasteiger charge is -2.29. The van der Waals surface area contributed by atoms with Gasteiger partial charge in [0, 0.05) is 24.0 Å². The summed E-state index contributed by atoms with van der Waals surface area (Å²) >= 11 is 1.64. The van der Waals surface area contributed by atoms with Crippen LogP contribution in [0.5, 0.6) is 0 Å². The van der Waals surface area contributed by atoms with Crippen molar-refractivity contribution in [2.75, 3.05) is 23.7 Å². The summed E-state index contributed by atoms with van der Waals surface area (Å²) in [6.07, 6.45) is 2.13. The van der Waals surface area contributed by atoms with E-state index in [2.05, 4.69) is 13.0 Å². The van der Waals surface area contributed by atoms with E-state index in [9.17, 15) is 4.79 Å². The van der Waals surface area contributed by atoms with E-state index in [0.29, 0.717) is 17.5 Å². The van der Waals surface area contributed by atoms with Crippen LogP contribution in [0, 0.1) is 0 Å². The molecule has 2 N–H and O–H groups in total. The molecule has 18 heavy (non-hydrogen) atoms. The minimum absolute atomic E-state index is 0.201. The smallest absolute Gasteiger partial charge is 0.236 e. The molecule has 0 aromatic heterocycles. The van der Waals surface area contributed by atoms with Gasteiger partial charge in [0.2, 0.25) is 5.91 Å². The summed E-state index contributed by atoms with van der Waals surface area (Å²) in [5.41, 5.74) is 7.95. The maximum Gasteiger partial charge on any atom is 0.236 e. The lowest BCUT2D eigenvalue weighted by atomic mass is 10.0. The number of carbonyl (C=O) groups is 1. The van der Waals surface area contributed by atoms with Crippen LogP contribution in [0.15, 0.2) is 24.3 Å². The van der Waals surface area contributed by atoms with Crippen molar-refractivity contribution in [3.63, 3.8) is 0 Å². The molecule has 0 radical (unpaired) electrons. The SMILES string of the molecule is CC(CN)SCC(=O)N1CCCc2ccccc21. The monoisotopic (exact) mass is 264 g/mol. The summed E-state index contributed by atoms with van der Waals surface area (Å²) in [6.45, 7) is 3.52. The first-order valence-electron chi connectivity index (χ1n) is 6.42. The predicted molar refractivity (Wildman–Crippen MR) is 78.1 cm³/mol. The summed E-state index contributed by atoms with van der Waals surface area (Å²) in [6, 6.07) is 8.20. The van der Waals surface area contributed by atoms with Crippen molar-refractivity contribution in [2.45, 2.75) is 25.0 Å². The lowest BCUT2D eigenvalue weighted by Crippen LogP contribution is -2.37. The Kier molecular flexibility index (Phi) is 4.66. The molecule has 3 nitrogen and oxygen atoms in total. The molecule has 1 amide bonds. The van der Waals surface area contributed by atoms with E-state index in [1.54, 1.807) is 11.8 Å². The second-order valence-corrected chi connectivity index (χ2v) is 6.06. The van der Waals surface area contributed by atoms with Crippen LogP contribution in [0.25, 0.3) is 0 Å². The number of thioether (sulfide) groups is 1. The number of anilines is 1. The molecular weight excluding hydrogens is 244 g/mol. The molecule has 2 rings (SSSR count). The van der Waals surface area contributed by atoms with Crippen LogP contribution in [0.2, 0.25) is 0 Å². The average molecular weight is 264 g/mol. The number of nitrogens with zero attached hydrogens (tertiary/aromatic N) is 1. The molecule has 0 saturated carbocycles. The van der Waals surface area contributed by atoms with Crippen LogP contribution in [0.3, 0.4) is 0 Å². The molecule has 1 heterocycles. The Labute approximate surface area is 113 Å². The van der Waals surface area contributed by atoms with Gasteiger partial charge in [0.05, 0.1) is 5.75 Å². The molecule has 1 atom stereocenters. The quantitative estimate of drug-likeness (QED) is 0.905. The van der Waals surface area contributed by atoms with Crippen molar-refractivity contribution < 1.29 is 4.79 Å². The van der Waals surface area contributed by atoms with Gasteiger partial charge in [-0.2, -0.15) is 0 Å². The first-order chi connectivity index (χ1) is 8.72. The summed E-state index contributed by atoms with van der Waals surface area (Å²) in [7, 11) is 0. The Morgan fingerprint density at radius 3 is 3.06 bits per heavy atom. The molecule has 0 fully saturated rings. The Morgan fingerprint density at radius 2 is 2.28 bits per heavy atom. The van der Waals surface area contributed by atoms with Crippen LogP contribution in [-0.4, -0.2) is 30.0 Å². The molecule has 4 heteroatoms.